The Morgan fingerprint density at radius 1 is 1.33 bits per heavy atom. The molecular formula is C17H28N2O2. The molecule has 0 saturated heterocycles. The van der Waals surface area contributed by atoms with Gasteiger partial charge >= 0.3 is 0 Å². The molecule has 0 heterocycles. The first-order chi connectivity index (χ1) is 10.1. The van der Waals surface area contributed by atoms with Gasteiger partial charge in [-0.25, -0.2) is 0 Å². The third-order valence-electron chi connectivity index (χ3n) is 3.70. The summed E-state index contributed by atoms with van der Waals surface area (Å²) in [6.07, 6.45) is 3.00. The van der Waals surface area contributed by atoms with Crippen molar-refractivity contribution >= 4 is 11.6 Å². The van der Waals surface area contributed by atoms with Crippen LogP contribution in [0.4, 0.5) is 5.69 Å². The first-order valence-corrected chi connectivity index (χ1v) is 7.88. The highest BCUT2D eigenvalue weighted by Crippen LogP contribution is 2.28. The van der Waals surface area contributed by atoms with Crippen LogP contribution in [-0.4, -0.2) is 30.0 Å². The van der Waals surface area contributed by atoms with Gasteiger partial charge in [-0.2, -0.15) is 0 Å². The number of rotatable bonds is 8. The molecule has 1 aromatic rings. The van der Waals surface area contributed by atoms with Crippen LogP contribution in [0.1, 0.15) is 57.3 Å². The summed E-state index contributed by atoms with van der Waals surface area (Å²) in [5.74, 6) is 0.517. The molecule has 4 nitrogen and oxygen atoms in total. The molecule has 1 amide bonds. The molecule has 0 saturated carbocycles. The van der Waals surface area contributed by atoms with Crippen LogP contribution in [-0.2, 0) is 0 Å². The van der Waals surface area contributed by atoms with E-state index in [1.54, 1.807) is 18.2 Å². The number of benzene rings is 1. The number of nitrogens with zero attached hydrogens (tertiary/aromatic N) is 1. The van der Waals surface area contributed by atoms with Gasteiger partial charge < -0.3 is 15.4 Å². The molecule has 1 aromatic carbocycles. The maximum atomic E-state index is 12.9. The Kier molecular flexibility index (Phi) is 7.06. The van der Waals surface area contributed by atoms with Crippen molar-refractivity contribution in [2.24, 2.45) is 0 Å². The van der Waals surface area contributed by atoms with Gasteiger partial charge in [0.2, 0.25) is 0 Å². The van der Waals surface area contributed by atoms with E-state index >= 15 is 0 Å². The van der Waals surface area contributed by atoms with Crippen LogP contribution >= 0.6 is 0 Å². The van der Waals surface area contributed by atoms with Gasteiger partial charge in [-0.05, 0) is 38.8 Å². The lowest BCUT2D eigenvalue weighted by Crippen LogP contribution is -2.39. The molecule has 0 aliphatic rings. The molecule has 0 bridgehead atoms. The summed E-state index contributed by atoms with van der Waals surface area (Å²) >= 11 is 0. The molecule has 1 unspecified atom stereocenters. The van der Waals surface area contributed by atoms with E-state index in [-0.39, 0.29) is 11.9 Å². The average Bonchev–Trinajstić information content (AvgIpc) is 2.49. The van der Waals surface area contributed by atoms with E-state index in [4.69, 9.17) is 10.5 Å². The van der Waals surface area contributed by atoms with Crippen molar-refractivity contribution < 1.29 is 9.53 Å². The summed E-state index contributed by atoms with van der Waals surface area (Å²) in [4.78, 5) is 14.8. The molecule has 4 heteroatoms. The number of nitrogens with two attached hydrogens (primary N) is 1. The van der Waals surface area contributed by atoms with E-state index in [2.05, 4.69) is 20.8 Å². The summed E-state index contributed by atoms with van der Waals surface area (Å²) in [6, 6.07) is 5.58. The molecule has 1 rings (SSSR count). The highest BCUT2D eigenvalue weighted by molar-refractivity contribution is 5.98. The Hall–Kier alpha value is -1.71. The summed E-state index contributed by atoms with van der Waals surface area (Å²) in [7, 11) is 0. The fourth-order valence-electron chi connectivity index (χ4n) is 2.25. The number of ether oxygens (including phenoxy) is 1. The van der Waals surface area contributed by atoms with E-state index in [0.29, 0.717) is 23.6 Å². The number of carbonyl (C=O) groups is 1. The molecule has 0 fully saturated rings. The van der Waals surface area contributed by atoms with Gasteiger partial charge in [-0.3, -0.25) is 4.79 Å². The van der Waals surface area contributed by atoms with Crippen LogP contribution in [0.3, 0.4) is 0 Å². The predicted molar refractivity (Wildman–Crippen MR) is 87.7 cm³/mol. The Balaban J connectivity index is 3.10. The summed E-state index contributed by atoms with van der Waals surface area (Å²) in [5, 5.41) is 0. The fourth-order valence-corrected chi connectivity index (χ4v) is 2.25. The minimum absolute atomic E-state index is 0.00792. The van der Waals surface area contributed by atoms with Crippen molar-refractivity contribution in [3.63, 3.8) is 0 Å². The van der Waals surface area contributed by atoms with Gasteiger partial charge in [0.15, 0.2) is 5.75 Å². The van der Waals surface area contributed by atoms with E-state index in [1.807, 2.05) is 11.8 Å². The molecule has 118 valence electrons. The van der Waals surface area contributed by atoms with Crippen molar-refractivity contribution in [1.82, 2.24) is 4.90 Å². The van der Waals surface area contributed by atoms with Crippen LogP contribution in [0.15, 0.2) is 18.2 Å². The number of amides is 1. The van der Waals surface area contributed by atoms with Crippen molar-refractivity contribution in [2.75, 3.05) is 18.9 Å². The van der Waals surface area contributed by atoms with Crippen LogP contribution < -0.4 is 10.5 Å². The van der Waals surface area contributed by atoms with Gasteiger partial charge in [0.1, 0.15) is 0 Å². The second-order valence-corrected chi connectivity index (χ2v) is 5.27. The van der Waals surface area contributed by atoms with E-state index in [1.165, 1.54) is 0 Å². The van der Waals surface area contributed by atoms with E-state index < -0.39 is 0 Å². The standard InChI is InChI=1S/C17H28N2O2/c1-5-8-12-19(13(4)6-2)17(20)14-10-9-11-15(18)16(14)21-7-3/h9-11,13H,5-8,12,18H2,1-4H3. The van der Waals surface area contributed by atoms with E-state index in [9.17, 15) is 4.79 Å². The predicted octanol–water partition coefficient (Wildman–Crippen LogP) is 3.71. The maximum Gasteiger partial charge on any atom is 0.257 e. The van der Waals surface area contributed by atoms with Crippen LogP contribution in [0.2, 0.25) is 0 Å². The van der Waals surface area contributed by atoms with Crippen LogP contribution in [0.5, 0.6) is 5.75 Å². The van der Waals surface area contributed by atoms with Gasteiger partial charge in [0, 0.05) is 12.6 Å². The lowest BCUT2D eigenvalue weighted by atomic mass is 10.1. The minimum atomic E-state index is 0.00792. The number of unbranched alkanes of at least 4 members (excludes halogenated alkanes) is 1. The first-order valence-electron chi connectivity index (χ1n) is 7.88. The summed E-state index contributed by atoms with van der Waals surface area (Å²) in [6.45, 7) is 9.47. The lowest BCUT2D eigenvalue weighted by Gasteiger charge is -2.29. The third kappa shape index (κ3) is 4.38. The van der Waals surface area contributed by atoms with Crippen molar-refractivity contribution in [1.29, 1.82) is 0 Å². The van der Waals surface area contributed by atoms with Gasteiger partial charge in [-0.1, -0.05) is 26.3 Å². The van der Waals surface area contributed by atoms with Crippen molar-refractivity contribution in [3.8, 4) is 5.75 Å². The largest absolute Gasteiger partial charge is 0.491 e. The third-order valence-corrected chi connectivity index (χ3v) is 3.70. The number of para-hydroxylation sites is 1. The fraction of sp³-hybridized carbons (Fsp3) is 0.588. The molecule has 0 aromatic heterocycles. The number of anilines is 1. The lowest BCUT2D eigenvalue weighted by molar-refractivity contribution is 0.0681. The zero-order chi connectivity index (χ0) is 15.8. The Morgan fingerprint density at radius 3 is 2.62 bits per heavy atom. The Bertz CT molecular complexity index is 460. The van der Waals surface area contributed by atoms with E-state index in [0.717, 1.165) is 25.8 Å². The second kappa shape index (κ2) is 8.55. The molecule has 0 spiro atoms. The van der Waals surface area contributed by atoms with Gasteiger partial charge in [0.25, 0.3) is 5.91 Å². The number of hydrogen-bond donors (Lipinski definition) is 1. The van der Waals surface area contributed by atoms with Crippen molar-refractivity contribution in [2.45, 2.75) is 53.0 Å². The first kappa shape index (κ1) is 17.3. The summed E-state index contributed by atoms with van der Waals surface area (Å²) < 4.78 is 5.58. The van der Waals surface area contributed by atoms with Gasteiger partial charge in [0.05, 0.1) is 17.9 Å². The van der Waals surface area contributed by atoms with Crippen LogP contribution in [0.25, 0.3) is 0 Å². The second-order valence-electron chi connectivity index (χ2n) is 5.27. The number of hydrogen-bond acceptors (Lipinski definition) is 3. The quantitative estimate of drug-likeness (QED) is 0.743. The van der Waals surface area contributed by atoms with Crippen molar-refractivity contribution in [3.05, 3.63) is 23.8 Å². The Morgan fingerprint density at radius 2 is 2.05 bits per heavy atom. The highest BCUT2D eigenvalue weighted by atomic mass is 16.5. The topological polar surface area (TPSA) is 55.6 Å². The Labute approximate surface area is 128 Å². The van der Waals surface area contributed by atoms with Gasteiger partial charge in [-0.15, -0.1) is 0 Å². The molecule has 0 aliphatic carbocycles. The zero-order valence-electron chi connectivity index (χ0n) is 13.7. The zero-order valence-corrected chi connectivity index (χ0v) is 13.7. The minimum Gasteiger partial charge on any atom is -0.491 e. The maximum absolute atomic E-state index is 12.9. The smallest absolute Gasteiger partial charge is 0.257 e. The molecule has 1 atom stereocenters. The average molecular weight is 292 g/mol. The SMILES string of the molecule is CCCCN(C(=O)c1cccc(N)c1OCC)C(C)CC. The number of nitrogen functional groups attached to an aromatic ring is 1. The normalized spacial score (nSPS) is 12.0. The molecule has 2 N–H and O–H groups in total. The summed E-state index contributed by atoms with van der Waals surface area (Å²) in [5.41, 5.74) is 7.04. The monoisotopic (exact) mass is 292 g/mol. The van der Waals surface area contributed by atoms with Crippen LogP contribution in [0, 0.1) is 0 Å². The highest BCUT2D eigenvalue weighted by Gasteiger charge is 2.23. The molecule has 0 aliphatic heterocycles. The molecule has 21 heavy (non-hydrogen) atoms. The molecule has 0 radical (unpaired) electrons. The number of carbonyl (C=O) groups excluding carboxylic acids is 1. The molecular weight excluding hydrogens is 264 g/mol.